The van der Waals surface area contributed by atoms with Crippen LogP contribution in [0.3, 0.4) is 0 Å². The van der Waals surface area contributed by atoms with Crippen LogP contribution in [0.4, 0.5) is 10.5 Å². The summed E-state index contributed by atoms with van der Waals surface area (Å²) in [7, 11) is 1.61. The molecule has 32 heavy (non-hydrogen) atoms. The molecule has 2 heterocycles. The molecule has 1 aliphatic heterocycles. The molecule has 8 nitrogen and oxygen atoms in total. The van der Waals surface area contributed by atoms with Gasteiger partial charge in [-0.25, -0.2) is 4.79 Å². The van der Waals surface area contributed by atoms with Crippen molar-refractivity contribution in [3.63, 3.8) is 0 Å². The second kappa shape index (κ2) is 10.3. The average molecular weight is 437 g/mol. The number of ether oxygens (including phenoxy) is 2. The van der Waals surface area contributed by atoms with Crippen LogP contribution >= 0.6 is 0 Å². The van der Waals surface area contributed by atoms with Gasteiger partial charge in [0.2, 0.25) is 0 Å². The predicted molar refractivity (Wildman–Crippen MR) is 124 cm³/mol. The van der Waals surface area contributed by atoms with Gasteiger partial charge >= 0.3 is 6.03 Å². The summed E-state index contributed by atoms with van der Waals surface area (Å²) in [6.45, 7) is 4.48. The van der Waals surface area contributed by atoms with E-state index in [4.69, 9.17) is 9.47 Å². The minimum atomic E-state index is -0.241. The SMILES string of the molecule is COc1ccc2[nH]c(=O)c(CN(CCN3CCOCC3)C(=O)Nc3ccccc3)cc2c1. The number of carbonyl (C=O) groups excluding carboxylic acids is 1. The van der Waals surface area contributed by atoms with Gasteiger partial charge in [-0.05, 0) is 36.4 Å². The Hall–Kier alpha value is -3.36. The zero-order chi connectivity index (χ0) is 22.3. The summed E-state index contributed by atoms with van der Waals surface area (Å²) in [6.07, 6.45) is 0. The molecule has 0 bridgehead atoms. The summed E-state index contributed by atoms with van der Waals surface area (Å²) in [4.78, 5) is 32.7. The Morgan fingerprint density at radius 3 is 2.69 bits per heavy atom. The zero-order valence-electron chi connectivity index (χ0n) is 18.2. The average Bonchev–Trinajstić information content (AvgIpc) is 2.83. The molecule has 1 aromatic heterocycles. The molecule has 3 aromatic rings. The number of carbonyl (C=O) groups is 1. The third-order valence-electron chi connectivity index (χ3n) is 5.59. The fraction of sp³-hybridized carbons (Fsp3) is 0.333. The first-order valence-corrected chi connectivity index (χ1v) is 10.7. The van der Waals surface area contributed by atoms with Gasteiger partial charge in [0.25, 0.3) is 5.56 Å². The van der Waals surface area contributed by atoms with Crippen molar-refractivity contribution in [3.8, 4) is 5.75 Å². The van der Waals surface area contributed by atoms with Gasteiger partial charge in [0.1, 0.15) is 5.75 Å². The summed E-state index contributed by atoms with van der Waals surface area (Å²) in [5, 5.41) is 3.79. The maximum Gasteiger partial charge on any atom is 0.322 e. The highest BCUT2D eigenvalue weighted by molar-refractivity contribution is 5.89. The lowest BCUT2D eigenvalue weighted by atomic mass is 10.1. The highest BCUT2D eigenvalue weighted by Gasteiger charge is 2.19. The molecule has 0 atom stereocenters. The highest BCUT2D eigenvalue weighted by atomic mass is 16.5. The standard InChI is InChI=1S/C24H28N4O4/c1-31-21-7-8-22-18(16-21)15-19(23(29)26-22)17-28(10-9-27-11-13-32-14-12-27)24(30)25-20-5-3-2-4-6-20/h2-8,15-16H,9-14,17H2,1H3,(H,25,30)(H,26,29). The first-order chi connectivity index (χ1) is 15.6. The minimum Gasteiger partial charge on any atom is -0.497 e. The molecule has 0 unspecified atom stereocenters. The predicted octanol–water partition coefficient (Wildman–Crippen LogP) is 2.90. The maximum absolute atomic E-state index is 13.1. The molecule has 0 radical (unpaired) electrons. The van der Waals surface area contributed by atoms with Crippen LogP contribution in [0.5, 0.6) is 5.75 Å². The Bertz CT molecular complexity index is 1110. The molecule has 2 aromatic carbocycles. The lowest BCUT2D eigenvalue weighted by Gasteiger charge is -2.30. The van der Waals surface area contributed by atoms with Gasteiger partial charge in [0, 0.05) is 48.3 Å². The molecule has 2 amide bonds. The fourth-order valence-electron chi connectivity index (χ4n) is 3.74. The first-order valence-electron chi connectivity index (χ1n) is 10.7. The van der Waals surface area contributed by atoms with Crippen molar-refractivity contribution in [2.75, 3.05) is 51.8 Å². The van der Waals surface area contributed by atoms with Crippen LogP contribution in [0.1, 0.15) is 5.56 Å². The molecular weight excluding hydrogens is 408 g/mol. The van der Waals surface area contributed by atoms with Crippen LogP contribution in [0, 0.1) is 0 Å². The second-order valence-electron chi connectivity index (χ2n) is 7.75. The topological polar surface area (TPSA) is 86.9 Å². The number of morpholine rings is 1. The summed E-state index contributed by atoms with van der Waals surface area (Å²) in [5.41, 5.74) is 1.77. The number of hydrogen-bond acceptors (Lipinski definition) is 5. The summed E-state index contributed by atoms with van der Waals surface area (Å²) in [6, 6.07) is 16.4. The smallest absolute Gasteiger partial charge is 0.322 e. The van der Waals surface area contributed by atoms with Gasteiger partial charge in [0.05, 0.1) is 26.9 Å². The number of urea groups is 1. The van der Waals surface area contributed by atoms with E-state index in [1.807, 2.05) is 48.5 Å². The number of para-hydroxylation sites is 1. The number of aromatic nitrogens is 1. The van der Waals surface area contributed by atoms with Gasteiger partial charge in [-0.15, -0.1) is 0 Å². The number of nitrogens with one attached hydrogen (secondary N) is 2. The number of methoxy groups -OCH3 is 1. The Balaban J connectivity index is 1.56. The number of benzene rings is 2. The third kappa shape index (κ3) is 5.46. The lowest BCUT2D eigenvalue weighted by molar-refractivity contribution is 0.0349. The van der Waals surface area contributed by atoms with Crippen LogP contribution in [-0.2, 0) is 11.3 Å². The number of amides is 2. The van der Waals surface area contributed by atoms with Crippen LogP contribution in [0.15, 0.2) is 59.4 Å². The lowest BCUT2D eigenvalue weighted by Crippen LogP contribution is -2.44. The van der Waals surface area contributed by atoms with Crippen LogP contribution in [-0.4, -0.2) is 67.3 Å². The normalized spacial score (nSPS) is 14.3. The molecule has 8 heteroatoms. The van der Waals surface area contributed by atoms with E-state index in [-0.39, 0.29) is 18.1 Å². The molecular formula is C24H28N4O4. The van der Waals surface area contributed by atoms with Crippen LogP contribution < -0.4 is 15.6 Å². The number of pyridine rings is 1. The monoisotopic (exact) mass is 436 g/mol. The van der Waals surface area contributed by atoms with E-state index < -0.39 is 0 Å². The Labute approximate surface area is 186 Å². The van der Waals surface area contributed by atoms with E-state index in [1.54, 1.807) is 18.1 Å². The Morgan fingerprint density at radius 2 is 1.94 bits per heavy atom. The molecule has 4 rings (SSSR count). The van der Waals surface area contributed by atoms with E-state index in [0.717, 1.165) is 24.0 Å². The summed E-state index contributed by atoms with van der Waals surface area (Å²) in [5.74, 6) is 0.710. The second-order valence-corrected chi connectivity index (χ2v) is 7.75. The van der Waals surface area contributed by atoms with Gasteiger partial charge in [-0.1, -0.05) is 18.2 Å². The molecule has 0 aliphatic carbocycles. The largest absolute Gasteiger partial charge is 0.497 e. The van der Waals surface area contributed by atoms with Crippen LogP contribution in [0.2, 0.25) is 0 Å². The van der Waals surface area contributed by atoms with E-state index in [0.29, 0.717) is 43.3 Å². The fourth-order valence-corrected chi connectivity index (χ4v) is 3.74. The first kappa shape index (κ1) is 21.9. The van der Waals surface area contributed by atoms with Crippen molar-refractivity contribution >= 4 is 22.6 Å². The van der Waals surface area contributed by atoms with Gasteiger partial charge in [0.15, 0.2) is 0 Å². The van der Waals surface area contributed by atoms with E-state index in [9.17, 15) is 9.59 Å². The van der Waals surface area contributed by atoms with Crippen molar-refractivity contribution < 1.29 is 14.3 Å². The van der Waals surface area contributed by atoms with Crippen molar-refractivity contribution in [1.29, 1.82) is 0 Å². The number of aromatic amines is 1. The zero-order valence-corrected chi connectivity index (χ0v) is 18.2. The van der Waals surface area contributed by atoms with Gasteiger partial charge in [-0.3, -0.25) is 9.69 Å². The summed E-state index contributed by atoms with van der Waals surface area (Å²) < 4.78 is 10.7. The van der Waals surface area contributed by atoms with E-state index in [1.165, 1.54) is 0 Å². The number of H-pyrrole nitrogens is 1. The van der Waals surface area contributed by atoms with Crippen molar-refractivity contribution in [2.45, 2.75) is 6.54 Å². The summed E-state index contributed by atoms with van der Waals surface area (Å²) >= 11 is 0. The molecule has 168 valence electrons. The number of nitrogens with zero attached hydrogens (tertiary/aromatic N) is 2. The highest BCUT2D eigenvalue weighted by Crippen LogP contribution is 2.19. The number of rotatable bonds is 7. The molecule has 1 aliphatic rings. The van der Waals surface area contributed by atoms with Crippen molar-refractivity contribution in [1.82, 2.24) is 14.8 Å². The number of hydrogen-bond donors (Lipinski definition) is 2. The van der Waals surface area contributed by atoms with Gasteiger partial charge in [-0.2, -0.15) is 0 Å². The quantitative estimate of drug-likeness (QED) is 0.595. The van der Waals surface area contributed by atoms with Crippen LogP contribution in [0.25, 0.3) is 10.9 Å². The Morgan fingerprint density at radius 1 is 1.16 bits per heavy atom. The molecule has 0 saturated carbocycles. The van der Waals surface area contributed by atoms with Gasteiger partial charge < -0.3 is 24.7 Å². The molecule has 1 saturated heterocycles. The number of fused-ring (bicyclic) bond motifs is 1. The Kier molecular flexibility index (Phi) is 7.03. The van der Waals surface area contributed by atoms with E-state index >= 15 is 0 Å². The third-order valence-corrected chi connectivity index (χ3v) is 5.59. The molecule has 1 fully saturated rings. The maximum atomic E-state index is 13.1. The van der Waals surface area contributed by atoms with Crippen molar-refractivity contribution in [2.24, 2.45) is 0 Å². The number of anilines is 1. The van der Waals surface area contributed by atoms with E-state index in [2.05, 4.69) is 15.2 Å². The molecule has 2 N–H and O–H groups in total. The van der Waals surface area contributed by atoms with Crippen molar-refractivity contribution in [3.05, 3.63) is 70.5 Å². The molecule has 0 spiro atoms. The minimum absolute atomic E-state index is 0.200.